The number of nitrogens with zero attached hydrogens (tertiary/aromatic N) is 3. The Bertz CT molecular complexity index is 477. The topological polar surface area (TPSA) is 82.9 Å². The second kappa shape index (κ2) is 5.02. The van der Waals surface area contributed by atoms with E-state index in [0.29, 0.717) is 5.02 Å². The van der Waals surface area contributed by atoms with E-state index >= 15 is 0 Å². The van der Waals surface area contributed by atoms with Crippen LogP contribution in [-0.4, -0.2) is 20.7 Å². The third-order valence-corrected chi connectivity index (χ3v) is 3.66. The molecule has 1 rings (SSSR count). The number of azide groups is 1. The SMILES string of the molecule is [N-]=[N+]=NCCS(=O)(=O)c1ccc(Cl)cc1. The lowest BCUT2D eigenvalue weighted by molar-refractivity contribution is 0.596. The molecule has 0 aliphatic rings. The van der Waals surface area contributed by atoms with Gasteiger partial charge in [0, 0.05) is 16.5 Å². The first-order valence-electron chi connectivity index (χ1n) is 4.05. The minimum absolute atomic E-state index is 0.0680. The van der Waals surface area contributed by atoms with Gasteiger partial charge in [-0.25, -0.2) is 8.42 Å². The number of hydrogen-bond acceptors (Lipinski definition) is 3. The zero-order valence-electron chi connectivity index (χ0n) is 7.67. The summed E-state index contributed by atoms with van der Waals surface area (Å²) in [7, 11) is -3.37. The molecule has 0 aliphatic heterocycles. The summed E-state index contributed by atoms with van der Waals surface area (Å²) in [4.78, 5) is 2.67. The van der Waals surface area contributed by atoms with Gasteiger partial charge in [0.05, 0.1) is 10.6 Å². The van der Waals surface area contributed by atoms with E-state index in [1.807, 2.05) is 0 Å². The zero-order valence-corrected chi connectivity index (χ0v) is 9.24. The van der Waals surface area contributed by atoms with Crippen LogP contribution in [0.1, 0.15) is 0 Å². The van der Waals surface area contributed by atoms with E-state index in [4.69, 9.17) is 17.1 Å². The Morgan fingerprint density at radius 3 is 2.47 bits per heavy atom. The average Bonchev–Trinajstić information content (AvgIpc) is 2.18. The molecule has 0 N–H and O–H groups in total. The standard InChI is InChI=1S/C8H8ClN3O2S/c9-7-1-3-8(4-2-7)15(13,14)6-5-11-12-10/h1-4H,5-6H2. The minimum atomic E-state index is -3.37. The fourth-order valence-electron chi connectivity index (χ4n) is 0.966. The third-order valence-electron chi connectivity index (χ3n) is 1.70. The maximum absolute atomic E-state index is 11.6. The third kappa shape index (κ3) is 3.43. The maximum atomic E-state index is 11.6. The first-order valence-corrected chi connectivity index (χ1v) is 6.08. The Morgan fingerprint density at radius 2 is 1.93 bits per heavy atom. The van der Waals surface area contributed by atoms with Crippen LogP contribution in [0.2, 0.25) is 5.02 Å². The Hall–Kier alpha value is -1.23. The van der Waals surface area contributed by atoms with Crippen molar-refractivity contribution in [1.29, 1.82) is 0 Å². The summed E-state index contributed by atoms with van der Waals surface area (Å²) in [5, 5.41) is 3.65. The van der Waals surface area contributed by atoms with Crippen molar-refractivity contribution in [3.8, 4) is 0 Å². The van der Waals surface area contributed by atoms with Crippen molar-refractivity contribution >= 4 is 21.4 Å². The molecule has 0 radical (unpaired) electrons. The van der Waals surface area contributed by atoms with Gasteiger partial charge in [0.15, 0.2) is 9.84 Å². The van der Waals surface area contributed by atoms with Crippen LogP contribution in [0.4, 0.5) is 0 Å². The van der Waals surface area contributed by atoms with Crippen molar-refractivity contribution in [2.24, 2.45) is 5.11 Å². The maximum Gasteiger partial charge on any atom is 0.178 e. The summed E-state index contributed by atoms with van der Waals surface area (Å²) in [6.45, 7) is -0.0680. The van der Waals surface area contributed by atoms with Crippen molar-refractivity contribution in [3.05, 3.63) is 39.7 Å². The van der Waals surface area contributed by atoms with Gasteiger partial charge in [-0.2, -0.15) is 0 Å². The highest BCUT2D eigenvalue weighted by molar-refractivity contribution is 7.91. The molecule has 1 aromatic carbocycles. The van der Waals surface area contributed by atoms with Crippen LogP contribution < -0.4 is 0 Å². The van der Waals surface area contributed by atoms with E-state index in [2.05, 4.69) is 10.0 Å². The second-order valence-electron chi connectivity index (χ2n) is 2.73. The number of sulfone groups is 1. The van der Waals surface area contributed by atoms with Crippen LogP contribution in [-0.2, 0) is 9.84 Å². The van der Waals surface area contributed by atoms with E-state index in [-0.39, 0.29) is 17.2 Å². The molecule has 0 heterocycles. The number of rotatable bonds is 4. The molecular formula is C8H8ClN3O2S. The highest BCUT2D eigenvalue weighted by Crippen LogP contribution is 2.15. The highest BCUT2D eigenvalue weighted by Gasteiger charge is 2.12. The Labute approximate surface area is 92.2 Å². The van der Waals surface area contributed by atoms with Gasteiger partial charge in [-0.1, -0.05) is 16.7 Å². The fraction of sp³-hybridized carbons (Fsp3) is 0.250. The lowest BCUT2D eigenvalue weighted by Crippen LogP contribution is -2.08. The quantitative estimate of drug-likeness (QED) is 0.464. The van der Waals surface area contributed by atoms with E-state index in [1.54, 1.807) is 0 Å². The minimum Gasteiger partial charge on any atom is -0.224 e. The number of benzene rings is 1. The Balaban J connectivity index is 2.86. The van der Waals surface area contributed by atoms with Crippen molar-refractivity contribution in [1.82, 2.24) is 0 Å². The van der Waals surface area contributed by atoms with Gasteiger partial charge in [-0.3, -0.25) is 0 Å². The number of halogens is 1. The van der Waals surface area contributed by atoms with Crippen LogP contribution in [0, 0.1) is 0 Å². The normalized spacial score (nSPS) is 10.7. The van der Waals surface area contributed by atoms with Crippen LogP contribution in [0.5, 0.6) is 0 Å². The molecule has 0 aliphatic carbocycles. The van der Waals surface area contributed by atoms with Crippen molar-refractivity contribution in [3.63, 3.8) is 0 Å². The van der Waals surface area contributed by atoms with E-state index in [1.165, 1.54) is 24.3 Å². The molecule has 0 spiro atoms. The number of hydrogen-bond donors (Lipinski definition) is 0. The molecular weight excluding hydrogens is 238 g/mol. The molecule has 0 bridgehead atoms. The van der Waals surface area contributed by atoms with Crippen LogP contribution in [0.25, 0.3) is 10.4 Å². The Morgan fingerprint density at radius 1 is 1.33 bits per heavy atom. The molecule has 80 valence electrons. The molecule has 0 amide bonds. The van der Waals surface area contributed by atoms with Crippen molar-refractivity contribution < 1.29 is 8.42 Å². The molecule has 0 unspecified atom stereocenters. The van der Waals surface area contributed by atoms with Crippen LogP contribution >= 0.6 is 11.6 Å². The lowest BCUT2D eigenvalue weighted by Gasteiger charge is -2.01. The molecule has 7 heteroatoms. The molecule has 15 heavy (non-hydrogen) atoms. The first-order chi connectivity index (χ1) is 7.06. The molecule has 0 atom stereocenters. The van der Waals surface area contributed by atoms with Crippen molar-refractivity contribution in [2.45, 2.75) is 4.90 Å². The van der Waals surface area contributed by atoms with E-state index < -0.39 is 9.84 Å². The molecule has 0 fully saturated rings. The summed E-state index contributed by atoms with van der Waals surface area (Å²) in [6.07, 6.45) is 0. The van der Waals surface area contributed by atoms with Gasteiger partial charge in [-0.05, 0) is 29.8 Å². The van der Waals surface area contributed by atoms with Gasteiger partial charge < -0.3 is 0 Å². The second-order valence-corrected chi connectivity index (χ2v) is 5.27. The van der Waals surface area contributed by atoms with Gasteiger partial charge in [0.1, 0.15) is 0 Å². The predicted molar refractivity (Wildman–Crippen MR) is 57.5 cm³/mol. The van der Waals surface area contributed by atoms with Gasteiger partial charge in [-0.15, -0.1) is 0 Å². The average molecular weight is 246 g/mol. The van der Waals surface area contributed by atoms with E-state index in [9.17, 15) is 8.42 Å². The summed E-state index contributed by atoms with van der Waals surface area (Å²) in [6, 6.07) is 5.85. The summed E-state index contributed by atoms with van der Waals surface area (Å²) >= 11 is 5.63. The lowest BCUT2D eigenvalue weighted by atomic mass is 10.4. The molecule has 0 aromatic heterocycles. The highest BCUT2D eigenvalue weighted by atomic mass is 35.5. The van der Waals surface area contributed by atoms with Crippen molar-refractivity contribution in [2.75, 3.05) is 12.3 Å². The smallest absolute Gasteiger partial charge is 0.178 e. The van der Waals surface area contributed by atoms with Crippen LogP contribution in [0.3, 0.4) is 0 Å². The van der Waals surface area contributed by atoms with Gasteiger partial charge >= 0.3 is 0 Å². The summed E-state index contributed by atoms with van der Waals surface area (Å²) < 4.78 is 23.2. The van der Waals surface area contributed by atoms with Gasteiger partial charge in [0.2, 0.25) is 0 Å². The fourth-order valence-corrected chi connectivity index (χ4v) is 2.20. The van der Waals surface area contributed by atoms with Gasteiger partial charge in [0.25, 0.3) is 0 Å². The molecule has 0 saturated heterocycles. The first kappa shape index (κ1) is 11.8. The largest absolute Gasteiger partial charge is 0.224 e. The monoisotopic (exact) mass is 245 g/mol. The van der Waals surface area contributed by atoms with E-state index in [0.717, 1.165) is 0 Å². The summed E-state index contributed by atoms with van der Waals surface area (Å²) in [5.74, 6) is -0.196. The van der Waals surface area contributed by atoms with Crippen LogP contribution in [0.15, 0.2) is 34.3 Å². The molecule has 5 nitrogen and oxygen atoms in total. The zero-order chi connectivity index (χ0) is 11.3. The molecule has 1 aromatic rings. The summed E-state index contributed by atoms with van der Waals surface area (Å²) in [5.41, 5.74) is 8.02. The Kier molecular flexibility index (Phi) is 3.96. The predicted octanol–water partition coefficient (Wildman–Crippen LogP) is 2.42. The molecule has 0 saturated carbocycles.